The van der Waals surface area contributed by atoms with E-state index >= 15 is 0 Å². The minimum Gasteiger partial charge on any atom is -0.394 e. The fourth-order valence-electron chi connectivity index (χ4n) is 2.87. The molecule has 0 aliphatic carbocycles. The van der Waals surface area contributed by atoms with Crippen LogP contribution in [0.1, 0.15) is 17.3 Å². The molecule has 10 nitrogen and oxygen atoms in total. The number of anilines is 1. The molecule has 0 bridgehead atoms. The molecule has 0 saturated carbocycles. The van der Waals surface area contributed by atoms with Crippen LogP contribution in [0.5, 0.6) is 0 Å². The number of nitrogens with one attached hydrogen (secondary N) is 1. The molecule has 14 heteroatoms. The third kappa shape index (κ3) is 6.72. The molecule has 1 aromatic carbocycles. The minimum absolute atomic E-state index is 0.0131. The molecule has 5 atom stereocenters. The maximum absolute atomic E-state index is 13.7. The Hall–Kier alpha value is -2.07. The van der Waals surface area contributed by atoms with Crippen molar-refractivity contribution in [3.05, 3.63) is 28.8 Å². The molecule has 6 N–H and O–H groups in total. The summed E-state index contributed by atoms with van der Waals surface area (Å²) in [6.07, 6.45) is -5.91. The van der Waals surface area contributed by atoms with Gasteiger partial charge in [-0.15, -0.1) is 0 Å². The van der Waals surface area contributed by atoms with Gasteiger partial charge in [0.15, 0.2) is 29.6 Å². The number of hydrogen-bond acceptors (Lipinski definition) is 9. The van der Waals surface area contributed by atoms with E-state index in [-0.39, 0.29) is 39.6 Å². The number of hydrogen-bond donors (Lipinski definition) is 5. The van der Waals surface area contributed by atoms with Crippen LogP contribution in [0, 0.1) is 23.3 Å². The first-order valence-electron chi connectivity index (χ1n) is 9.94. The van der Waals surface area contributed by atoms with Crippen molar-refractivity contribution >= 4 is 11.6 Å². The largest absolute Gasteiger partial charge is 0.394 e. The Morgan fingerprint density at radius 2 is 1.45 bits per heavy atom. The van der Waals surface area contributed by atoms with Crippen molar-refractivity contribution in [2.45, 2.75) is 37.6 Å². The van der Waals surface area contributed by atoms with Crippen molar-refractivity contribution in [2.75, 3.05) is 45.3 Å². The van der Waals surface area contributed by atoms with Crippen molar-refractivity contribution in [1.29, 1.82) is 0 Å². The molecule has 0 radical (unpaired) electrons. The lowest BCUT2D eigenvalue weighted by molar-refractivity contribution is -0.294. The van der Waals surface area contributed by atoms with Crippen molar-refractivity contribution < 1.29 is 56.6 Å². The molecular formula is C19H26F4N2O8. The van der Waals surface area contributed by atoms with Gasteiger partial charge in [-0.1, -0.05) is 0 Å². The Morgan fingerprint density at radius 1 is 0.909 bits per heavy atom. The van der Waals surface area contributed by atoms with Crippen molar-refractivity contribution in [2.24, 2.45) is 0 Å². The Labute approximate surface area is 186 Å². The second kappa shape index (κ2) is 12.4. The van der Waals surface area contributed by atoms with Crippen LogP contribution in [0.25, 0.3) is 0 Å². The van der Waals surface area contributed by atoms with E-state index in [9.17, 15) is 37.7 Å². The van der Waals surface area contributed by atoms with E-state index in [4.69, 9.17) is 24.7 Å². The molecule has 1 fully saturated rings. The number of benzene rings is 1. The smallest absolute Gasteiger partial charge is 0.257 e. The van der Waals surface area contributed by atoms with Crippen LogP contribution in [-0.2, 0) is 18.9 Å². The molecule has 2 rings (SSSR count). The van der Waals surface area contributed by atoms with Crippen LogP contribution in [0.4, 0.5) is 23.2 Å². The monoisotopic (exact) mass is 486 g/mol. The van der Waals surface area contributed by atoms with Gasteiger partial charge >= 0.3 is 0 Å². The Kier molecular flexibility index (Phi) is 10.2. The first-order valence-corrected chi connectivity index (χ1v) is 9.94. The van der Waals surface area contributed by atoms with Gasteiger partial charge in [-0.3, -0.25) is 4.79 Å². The zero-order valence-corrected chi connectivity index (χ0v) is 17.6. The number of ether oxygens (including phenoxy) is 4. The highest BCUT2D eigenvalue weighted by Gasteiger charge is 2.42. The van der Waals surface area contributed by atoms with Crippen molar-refractivity contribution in [3.8, 4) is 0 Å². The number of nitrogen functional groups attached to an aromatic ring is 1. The zero-order valence-electron chi connectivity index (χ0n) is 17.6. The van der Waals surface area contributed by atoms with Gasteiger partial charge in [-0.05, 0) is 6.92 Å². The summed E-state index contributed by atoms with van der Waals surface area (Å²) < 4.78 is 75.1. The number of carbonyl (C=O) groups excluding carboxylic acids is 1. The number of halogens is 4. The summed E-state index contributed by atoms with van der Waals surface area (Å²) in [7, 11) is 0. The van der Waals surface area contributed by atoms with Gasteiger partial charge in [-0.25, -0.2) is 17.6 Å². The highest BCUT2D eigenvalue weighted by molar-refractivity contribution is 5.95. The summed E-state index contributed by atoms with van der Waals surface area (Å²) in [6, 6.07) is 0. The molecule has 0 spiro atoms. The Balaban J connectivity index is 1.58. The van der Waals surface area contributed by atoms with Crippen molar-refractivity contribution in [3.63, 3.8) is 0 Å². The minimum atomic E-state index is -1.90. The second-order valence-corrected chi connectivity index (χ2v) is 7.08. The van der Waals surface area contributed by atoms with Crippen molar-refractivity contribution in [1.82, 2.24) is 5.32 Å². The number of aliphatic hydroxyl groups is 3. The summed E-state index contributed by atoms with van der Waals surface area (Å²) in [5, 5.41) is 31.1. The van der Waals surface area contributed by atoms with Gasteiger partial charge in [0.25, 0.3) is 5.91 Å². The van der Waals surface area contributed by atoms with E-state index in [1.54, 1.807) is 0 Å². The topological polar surface area (TPSA) is 153 Å². The molecule has 33 heavy (non-hydrogen) atoms. The van der Waals surface area contributed by atoms with Crippen LogP contribution in [0.2, 0.25) is 0 Å². The third-order valence-electron chi connectivity index (χ3n) is 4.75. The molecule has 0 aromatic heterocycles. The van der Waals surface area contributed by atoms with Gasteiger partial charge in [0, 0.05) is 6.54 Å². The van der Waals surface area contributed by atoms with Crippen LogP contribution in [0.15, 0.2) is 0 Å². The summed E-state index contributed by atoms with van der Waals surface area (Å²) in [4.78, 5) is 11.8. The fourth-order valence-corrected chi connectivity index (χ4v) is 2.87. The van der Waals surface area contributed by atoms with Crippen LogP contribution >= 0.6 is 0 Å². The van der Waals surface area contributed by atoms with E-state index in [0.29, 0.717) is 0 Å². The molecular weight excluding hydrogens is 460 g/mol. The van der Waals surface area contributed by atoms with Gasteiger partial charge in [-0.2, -0.15) is 0 Å². The van der Waals surface area contributed by atoms with E-state index in [1.807, 2.05) is 0 Å². The molecule has 1 aliphatic rings. The molecule has 1 amide bonds. The highest BCUT2D eigenvalue weighted by Crippen LogP contribution is 2.25. The van der Waals surface area contributed by atoms with Gasteiger partial charge in [0.05, 0.1) is 39.1 Å². The molecule has 1 aromatic rings. The number of amides is 1. The summed E-state index contributed by atoms with van der Waals surface area (Å²) in [5.41, 5.74) is 2.09. The Morgan fingerprint density at radius 3 is 2.06 bits per heavy atom. The van der Waals surface area contributed by atoms with Crippen LogP contribution < -0.4 is 11.1 Å². The first kappa shape index (κ1) is 27.2. The van der Waals surface area contributed by atoms with E-state index in [1.165, 1.54) is 6.92 Å². The lowest BCUT2D eigenvalue weighted by Crippen LogP contribution is -2.57. The molecule has 5 unspecified atom stereocenters. The SMILES string of the molecule is CC1OC(OCCOCCOCCNC(=O)c2c(F)c(F)c(N)c(F)c2F)C(O)C(O)C1O. The van der Waals surface area contributed by atoms with E-state index < -0.39 is 71.1 Å². The lowest BCUT2D eigenvalue weighted by Gasteiger charge is -2.38. The predicted molar refractivity (Wildman–Crippen MR) is 103 cm³/mol. The Bertz CT molecular complexity index is 789. The maximum atomic E-state index is 13.7. The maximum Gasteiger partial charge on any atom is 0.257 e. The standard InChI is InChI=1S/C19H26F4N2O8/c1-8-15(26)16(27)17(28)19(33-8)32-7-6-31-5-4-30-3-2-25-18(29)9-10(20)12(22)14(24)13(23)11(9)21/h8,15-17,19,26-28H,2-7,24H2,1H3,(H,25,29). The van der Waals surface area contributed by atoms with E-state index in [0.717, 1.165) is 0 Å². The quantitative estimate of drug-likeness (QED) is 0.120. The summed E-state index contributed by atoms with van der Waals surface area (Å²) in [5.74, 6) is -8.88. The molecule has 1 aliphatic heterocycles. The van der Waals surface area contributed by atoms with Crippen LogP contribution in [0.3, 0.4) is 0 Å². The molecule has 1 heterocycles. The predicted octanol–water partition coefficient (Wildman–Crippen LogP) is -0.568. The fraction of sp³-hybridized carbons (Fsp3) is 0.632. The number of rotatable bonds is 11. The first-order chi connectivity index (χ1) is 15.6. The lowest BCUT2D eigenvalue weighted by atomic mass is 10.0. The molecule has 1 saturated heterocycles. The third-order valence-corrected chi connectivity index (χ3v) is 4.75. The number of aliphatic hydroxyl groups excluding tert-OH is 3. The average molecular weight is 486 g/mol. The van der Waals surface area contributed by atoms with E-state index in [2.05, 4.69) is 5.32 Å². The normalized spacial score (nSPS) is 25.3. The highest BCUT2D eigenvalue weighted by atomic mass is 19.2. The number of carbonyl (C=O) groups is 1. The van der Waals surface area contributed by atoms with Gasteiger partial charge in [0.2, 0.25) is 0 Å². The molecule has 188 valence electrons. The van der Waals surface area contributed by atoms with Crippen LogP contribution in [-0.4, -0.2) is 91.5 Å². The second-order valence-electron chi connectivity index (χ2n) is 7.08. The summed E-state index contributed by atoms with van der Waals surface area (Å²) >= 11 is 0. The zero-order chi connectivity index (χ0) is 24.7. The average Bonchev–Trinajstić information content (AvgIpc) is 2.79. The van der Waals surface area contributed by atoms with Gasteiger partial charge in [0.1, 0.15) is 29.6 Å². The van der Waals surface area contributed by atoms with Gasteiger partial charge < -0.3 is 45.3 Å². The number of nitrogens with two attached hydrogens (primary N) is 1. The summed E-state index contributed by atoms with van der Waals surface area (Å²) in [6.45, 7) is 1.51.